The molecule has 1 heterocycles. The van der Waals surface area contributed by atoms with Crippen LogP contribution in [0.2, 0.25) is 0 Å². The molecule has 6 nitrogen and oxygen atoms in total. The number of methoxy groups -OCH3 is 1. The van der Waals surface area contributed by atoms with Crippen molar-refractivity contribution in [3.05, 3.63) is 18.2 Å². The lowest BCUT2D eigenvalue weighted by molar-refractivity contribution is -0.118. The molecule has 0 radical (unpaired) electrons. The Labute approximate surface area is 160 Å². The number of carbonyl (C=O) groups excluding carboxylic acids is 1. The zero-order valence-corrected chi connectivity index (χ0v) is 16.7. The number of ether oxygens (including phenoxy) is 3. The van der Waals surface area contributed by atoms with Crippen LogP contribution in [0, 0.1) is 5.92 Å². The van der Waals surface area contributed by atoms with E-state index in [0.29, 0.717) is 19.0 Å². The largest absolute Gasteiger partial charge is 0.497 e. The summed E-state index contributed by atoms with van der Waals surface area (Å²) in [6, 6.07) is 6.51. The molecule has 1 aromatic heterocycles. The molecule has 0 N–H and O–H groups in total. The fraction of sp³-hybridized carbons (Fsp3) is 0.619. The molecule has 1 atom stereocenters. The Morgan fingerprint density at radius 1 is 1.26 bits per heavy atom. The number of hydrogen-bond donors (Lipinski definition) is 0. The topological polar surface area (TPSA) is 62.6 Å². The summed E-state index contributed by atoms with van der Waals surface area (Å²) in [5, 5.41) is 0. The number of ketones is 1. The van der Waals surface area contributed by atoms with E-state index in [-0.39, 0.29) is 23.9 Å². The van der Waals surface area contributed by atoms with Gasteiger partial charge in [-0.15, -0.1) is 0 Å². The number of imidazole rings is 1. The van der Waals surface area contributed by atoms with Crippen LogP contribution < -0.4 is 9.47 Å². The Morgan fingerprint density at radius 3 is 2.63 bits per heavy atom. The van der Waals surface area contributed by atoms with Crippen LogP contribution in [-0.4, -0.2) is 41.3 Å². The summed E-state index contributed by atoms with van der Waals surface area (Å²) in [5.41, 5.74) is 1.91. The maximum Gasteiger partial charge on any atom is 0.297 e. The molecule has 3 rings (SSSR count). The molecular formula is C21H30N2O4. The summed E-state index contributed by atoms with van der Waals surface area (Å²) in [7, 11) is 3.63. The number of rotatable bonds is 8. The Balaban J connectivity index is 1.51. The van der Waals surface area contributed by atoms with Crippen molar-refractivity contribution in [2.75, 3.05) is 13.7 Å². The van der Waals surface area contributed by atoms with Crippen LogP contribution in [-0.2, 0) is 16.6 Å². The lowest BCUT2D eigenvalue weighted by Crippen LogP contribution is -2.30. The predicted molar refractivity (Wildman–Crippen MR) is 104 cm³/mol. The summed E-state index contributed by atoms with van der Waals surface area (Å²) in [6.45, 7) is 4.36. The van der Waals surface area contributed by atoms with Crippen LogP contribution in [0.1, 0.15) is 46.0 Å². The van der Waals surface area contributed by atoms with Crippen molar-refractivity contribution >= 4 is 16.8 Å². The van der Waals surface area contributed by atoms with Crippen molar-refractivity contribution in [3.8, 4) is 11.8 Å². The minimum absolute atomic E-state index is 0.164. The van der Waals surface area contributed by atoms with E-state index >= 15 is 0 Å². The lowest BCUT2D eigenvalue weighted by atomic mass is 9.95. The molecule has 0 spiro atoms. The second-order valence-corrected chi connectivity index (χ2v) is 7.67. The molecule has 0 saturated heterocycles. The second kappa shape index (κ2) is 8.74. The average molecular weight is 374 g/mol. The number of Topliss-reactive ketones (excluding diaryl/α,β-unsaturated/α-hetero) is 1. The standard InChI is InChI=1S/C21H30N2O4/c1-14(11-15(2)24)13-26-16-5-7-17(8-6-16)27-21-22-19-12-18(25-4)9-10-20(19)23(21)3/h9-10,12,14,16-17H,5-8,11,13H2,1-4H3/t14-,16?,17?/m1/s1. The number of aromatic nitrogens is 2. The quantitative estimate of drug-likeness (QED) is 0.701. The maximum absolute atomic E-state index is 11.2. The zero-order chi connectivity index (χ0) is 19.4. The van der Waals surface area contributed by atoms with Gasteiger partial charge < -0.3 is 19.0 Å². The maximum atomic E-state index is 11.2. The van der Waals surface area contributed by atoms with Crippen LogP contribution in [0.3, 0.4) is 0 Å². The van der Waals surface area contributed by atoms with E-state index in [0.717, 1.165) is 42.5 Å². The smallest absolute Gasteiger partial charge is 0.297 e. The van der Waals surface area contributed by atoms with Gasteiger partial charge in [-0.25, -0.2) is 0 Å². The van der Waals surface area contributed by atoms with Gasteiger partial charge in [-0.3, -0.25) is 4.57 Å². The minimum Gasteiger partial charge on any atom is -0.497 e. The average Bonchev–Trinajstić information content (AvgIpc) is 2.95. The van der Waals surface area contributed by atoms with E-state index in [4.69, 9.17) is 14.2 Å². The van der Waals surface area contributed by atoms with Crippen LogP contribution in [0.4, 0.5) is 0 Å². The molecular weight excluding hydrogens is 344 g/mol. The highest BCUT2D eigenvalue weighted by Gasteiger charge is 2.25. The van der Waals surface area contributed by atoms with Gasteiger partial charge in [0.25, 0.3) is 6.01 Å². The summed E-state index contributed by atoms with van der Waals surface area (Å²) >= 11 is 0. The highest BCUT2D eigenvalue weighted by Crippen LogP contribution is 2.28. The second-order valence-electron chi connectivity index (χ2n) is 7.67. The van der Waals surface area contributed by atoms with Gasteiger partial charge >= 0.3 is 0 Å². The molecule has 0 unspecified atom stereocenters. The van der Waals surface area contributed by atoms with Gasteiger partial charge in [0.2, 0.25) is 0 Å². The van der Waals surface area contributed by atoms with Gasteiger partial charge in [0.15, 0.2) is 0 Å². The third-order valence-corrected chi connectivity index (χ3v) is 5.19. The third-order valence-electron chi connectivity index (χ3n) is 5.19. The molecule has 1 aliphatic carbocycles. The van der Waals surface area contributed by atoms with Crippen LogP contribution >= 0.6 is 0 Å². The molecule has 27 heavy (non-hydrogen) atoms. The fourth-order valence-corrected chi connectivity index (χ4v) is 3.71. The zero-order valence-electron chi connectivity index (χ0n) is 16.7. The number of nitrogens with zero attached hydrogens (tertiary/aromatic N) is 2. The first-order chi connectivity index (χ1) is 13.0. The first kappa shape index (κ1) is 19.7. The molecule has 1 aliphatic rings. The highest BCUT2D eigenvalue weighted by atomic mass is 16.5. The van der Waals surface area contributed by atoms with E-state index in [9.17, 15) is 4.79 Å². The lowest BCUT2D eigenvalue weighted by Gasteiger charge is -2.29. The van der Waals surface area contributed by atoms with E-state index in [1.165, 1.54) is 0 Å². The number of carbonyl (C=O) groups is 1. The SMILES string of the molecule is COc1ccc2c(c1)nc(OC1CCC(OC[C@H](C)CC(C)=O)CC1)n2C. The molecule has 0 amide bonds. The molecule has 1 fully saturated rings. The summed E-state index contributed by atoms with van der Waals surface area (Å²) in [6.07, 6.45) is 4.90. The van der Waals surface area contributed by atoms with E-state index in [1.54, 1.807) is 14.0 Å². The van der Waals surface area contributed by atoms with E-state index in [1.807, 2.05) is 29.8 Å². The molecule has 2 aromatic rings. The highest BCUT2D eigenvalue weighted by molar-refractivity contribution is 5.78. The molecule has 0 bridgehead atoms. The van der Waals surface area contributed by atoms with Gasteiger partial charge in [0.05, 0.1) is 24.2 Å². The van der Waals surface area contributed by atoms with Gasteiger partial charge in [0, 0.05) is 26.1 Å². The number of benzene rings is 1. The van der Waals surface area contributed by atoms with Crippen molar-refractivity contribution in [1.82, 2.24) is 9.55 Å². The van der Waals surface area contributed by atoms with Gasteiger partial charge in [-0.1, -0.05) is 6.92 Å². The molecule has 0 aliphatic heterocycles. The molecule has 148 valence electrons. The Kier molecular flexibility index (Phi) is 6.37. The number of aryl methyl sites for hydroxylation is 1. The van der Waals surface area contributed by atoms with Gasteiger partial charge in [-0.05, 0) is 50.7 Å². The minimum atomic E-state index is 0.164. The van der Waals surface area contributed by atoms with Crippen LogP contribution in [0.5, 0.6) is 11.8 Å². The van der Waals surface area contributed by atoms with Crippen molar-refractivity contribution < 1.29 is 19.0 Å². The number of hydrogen-bond acceptors (Lipinski definition) is 5. The van der Waals surface area contributed by atoms with Crippen LogP contribution in [0.15, 0.2) is 18.2 Å². The van der Waals surface area contributed by atoms with Gasteiger partial charge in [0.1, 0.15) is 17.6 Å². The van der Waals surface area contributed by atoms with Crippen LogP contribution in [0.25, 0.3) is 11.0 Å². The molecule has 6 heteroatoms. The predicted octanol–water partition coefficient (Wildman–Crippen LogP) is 3.90. The van der Waals surface area contributed by atoms with Crippen molar-refractivity contribution in [1.29, 1.82) is 0 Å². The Bertz CT molecular complexity index is 778. The van der Waals surface area contributed by atoms with Crippen molar-refractivity contribution in [3.63, 3.8) is 0 Å². The molecule has 1 aromatic carbocycles. The Morgan fingerprint density at radius 2 is 1.96 bits per heavy atom. The first-order valence-corrected chi connectivity index (χ1v) is 9.74. The van der Waals surface area contributed by atoms with Crippen molar-refractivity contribution in [2.24, 2.45) is 13.0 Å². The van der Waals surface area contributed by atoms with E-state index < -0.39 is 0 Å². The third kappa shape index (κ3) is 5.01. The molecule has 1 saturated carbocycles. The van der Waals surface area contributed by atoms with Crippen molar-refractivity contribution in [2.45, 2.75) is 58.2 Å². The van der Waals surface area contributed by atoms with Gasteiger partial charge in [-0.2, -0.15) is 4.98 Å². The first-order valence-electron chi connectivity index (χ1n) is 9.74. The summed E-state index contributed by atoms with van der Waals surface area (Å²) < 4.78 is 19.4. The Hall–Kier alpha value is -2.08. The van der Waals surface area contributed by atoms with E-state index in [2.05, 4.69) is 11.9 Å². The fourth-order valence-electron chi connectivity index (χ4n) is 3.71. The summed E-state index contributed by atoms with van der Waals surface area (Å²) in [5.74, 6) is 1.31. The number of fused-ring (bicyclic) bond motifs is 1. The monoisotopic (exact) mass is 374 g/mol. The normalized spacial score (nSPS) is 21.2. The summed E-state index contributed by atoms with van der Waals surface area (Å²) in [4.78, 5) is 15.8.